The standard InChI is InChI=1S/C13H24N2O/c1-5-12-11(9-16)13(6-2)15(14-12)8-7-10(3)4/h10,16H,5-9H2,1-4H3. The second kappa shape index (κ2) is 6.04. The summed E-state index contributed by atoms with van der Waals surface area (Å²) < 4.78 is 2.09. The Morgan fingerprint density at radius 2 is 1.94 bits per heavy atom. The molecule has 92 valence electrons. The maximum absolute atomic E-state index is 9.40. The Labute approximate surface area is 98.5 Å². The number of hydrogen-bond donors (Lipinski definition) is 1. The van der Waals surface area contributed by atoms with E-state index in [1.54, 1.807) is 0 Å². The minimum absolute atomic E-state index is 0.119. The lowest BCUT2D eigenvalue weighted by Crippen LogP contribution is -2.07. The summed E-state index contributed by atoms with van der Waals surface area (Å²) in [4.78, 5) is 0. The van der Waals surface area contributed by atoms with Gasteiger partial charge in [-0.15, -0.1) is 0 Å². The molecule has 1 rings (SSSR count). The average Bonchev–Trinajstić information content (AvgIpc) is 2.62. The molecule has 0 aliphatic heterocycles. The molecule has 0 amide bonds. The molecule has 0 aliphatic rings. The summed E-state index contributed by atoms with van der Waals surface area (Å²) in [7, 11) is 0. The van der Waals surface area contributed by atoms with Gasteiger partial charge in [0.25, 0.3) is 0 Å². The van der Waals surface area contributed by atoms with Crippen LogP contribution in [0.4, 0.5) is 0 Å². The van der Waals surface area contributed by atoms with Crippen LogP contribution in [0.2, 0.25) is 0 Å². The third kappa shape index (κ3) is 2.85. The molecule has 0 saturated heterocycles. The summed E-state index contributed by atoms with van der Waals surface area (Å²) in [5, 5.41) is 14.0. The van der Waals surface area contributed by atoms with Gasteiger partial charge in [0.1, 0.15) is 0 Å². The van der Waals surface area contributed by atoms with Crippen LogP contribution >= 0.6 is 0 Å². The zero-order valence-electron chi connectivity index (χ0n) is 11.0. The molecule has 0 unspecified atom stereocenters. The third-order valence-corrected chi connectivity index (χ3v) is 3.00. The Bertz CT molecular complexity index is 329. The van der Waals surface area contributed by atoms with Crippen LogP contribution in [0.1, 0.15) is 51.1 Å². The Morgan fingerprint density at radius 3 is 2.38 bits per heavy atom. The Kier molecular flexibility index (Phi) is 5.00. The highest BCUT2D eigenvalue weighted by atomic mass is 16.3. The largest absolute Gasteiger partial charge is 0.392 e. The molecule has 1 N–H and O–H groups in total. The zero-order valence-corrected chi connectivity index (χ0v) is 11.0. The van der Waals surface area contributed by atoms with E-state index in [0.717, 1.165) is 37.1 Å². The van der Waals surface area contributed by atoms with E-state index in [4.69, 9.17) is 0 Å². The first-order valence-corrected chi connectivity index (χ1v) is 6.32. The van der Waals surface area contributed by atoms with E-state index in [9.17, 15) is 5.11 Å². The molecule has 0 aromatic carbocycles. The van der Waals surface area contributed by atoms with Crippen molar-refractivity contribution in [3.8, 4) is 0 Å². The van der Waals surface area contributed by atoms with Crippen LogP contribution in [0.15, 0.2) is 0 Å². The lowest BCUT2D eigenvalue weighted by molar-refractivity contribution is 0.279. The summed E-state index contributed by atoms with van der Waals surface area (Å²) in [6.45, 7) is 9.75. The van der Waals surface area contributed by atoms with Crippen molar-refractivity contribution < 1.29 is 5.11 Å². The second-order valence-electron chi connectivity index (χ2n) is 4.64. The minimum atomic E-state index is 0.119. The van der Waals surface area contributed by atoms with Gasteiger partial charge < -0.3 is 5.11 Å². The first-order chi connectivity index (χ1) is 7.63. The van der Waals surface area contributed by atoms with Gasteiger partial charge in [-0.25, -0.2) is 0 Å². The van der Waals surface area contributed by atoms with Crippen molar-refractivity contribution in [3.05, 3.63) is 17.0 Å². The Hall–Kier alpha value is -0.830. The number of hydrogen-bond acceptors (Lipinski definition) is 2. The van der Waals surface area contributed by atoms with Crippen molar-refractivity contribution in [2.45, 2.75) is 60.1 Å². The summed E-state index contributed by atoms with van der Waals surface area (Å²) in [6, 6.07) is 0. The first-order valence-electron chi connectivity index (χ1n) is 6.32. The van der Waals surface area contributed by atoms with E-state index in [1.807, 2.05) is 0 Å². The normalized spacial score (nSPS) is 11.4. The van der Waals surface area contributed by atoms with Crippen LogP contribution in [0.25, 0.3) is 0 Å². The Morgan fingerprint density at radius 1 is 1.25 bits per heavy atom. The van der Waals surface area contributed by atoms with Crippen LogP contribution in [0.5, 0.6) is 0 Å². The van der Waals surface area contributed by atoms with Crippen molar-refractivity contribution in [2.24, 2.45) is 5.92 Å². The van der Waals surface area contributed by atoms with E-state index in [0.29, 0.717) is 5.92 Å². The summed E-state index contributed by atoms with van der Waals surface area (Å²) in [5.41, 5.74) is 3.32. The van der Waals surface area contributed by atoms with E-state index in [1.165, 1.54) is 5.69 Å². The lowest BCUT2D eigenvalue weighted by Gasteiger charge is -2.08. The fraction of sp³-hybridized carbons (Fsp3) is 0.769. The summed E-state index contributed by atoms with van der Waals surface area (Å²) in [5.74, 6) is 0.691. The predicted molar refractivity (Wildman–Crippen MR) is 66.4 cm³/mol. The van der Waals surface area contributed by atoms with E-state index in [-0.39, 0.29) is 6.61 Å². The van der Waals surface area contributed by atoms with Crippen LogP contribution in [-0.2, 0) is 26.0 Å². The fourth-order valence-corrected chi connectivity index (χ4v) is 2.02. The maximum Gasteiger partial charge on any atom is 0.0718 e. The van der Waals surface area contributed by atoms with E-state index < -0.39 is 0 Å². The number of rotatable bonds is 6. The van der Waals surface area contributed by atoms with Gasteiger partial charge in [0, 0.05) is 17.8 Å². The van der Waals surface area contributed by atoms with Gasteiger partial charge >= 0.3 is 0 Å². The van der Waals surface area contributed by atoms with Crippen molar-refractivity contribution in [1.29, 1.82) is 0 Å². The molecule has 3 heteroatoms. The van der Waals surface area contributed by atoms with Crippen molar-refractivity contribution in [3.63, 3.8) is 0 Å². The van der Waals surface area contributed by atoms with Crippen LogP contribution in [-0.4, -0.2) is 14.9 Å². The molecule has 0 atom stereocenters. The molecule has 0 spiro atoms. The number of aromatic nitrogens is 2. The fourth-order valence-electron chi connectivity index (χ4n) is 2.02. The van der Waals surface area contributed by atoms with E-state index in [2.05, 4.69) is 37.5 Å². The van der Waals surface area contributed by atoms with Gasteiger partial charge in [0.2, 0.25) is 0 Å². The van der Waals surface area contributed by atoms with Gasteiger partial charge in [-0.05, 0) is 25.2 Å². The molecule has 0 fully saturated rings. The highest BCUT2D eigenvalue weighted by molar-refractivity contribution is 5.25. The Balaban J connectivity index is 2.94. The monoisotopic (exact) mass is 224 g/mol. The van der Waals surface area contributed by atoms with Gasteiger partial charge in [-0.1, -0.05) is 27.7 Å². The van der Waals surface area contributed by atoms with Crippen molar-refractivity contribution in [2.75, 3.05) is 0 Å². The average molecular weight is 224 g/mol. The lowest BCUT2D eigenvalue weighted by atomic mass is 10.1. The topological polar surface area (TPSA) is 38.0 Å². The number of aryl methyl sites for hydroxylation is 2. The van der Waals surface area contributed by atoms with Crippen molar-refractivity contribution >= 4 is 0 Å². The van der Waals surface area contributed by atoms with Crippen LogP contribution in [0.3, 0.4) is 0 Å². The van der Waals surface area contributed by atoms with Gasteiger partial charge in [0.05, 0.1) is 12.3 Å². The highest BCUT2D eigenvalue weighted by Gasteiger charge is 2.14. The van der Waals surface area contributed by atoms with E-state index >= 15 is 0 Å². The number of aliphatic hydroxyl groups is 1. The molecule has 0 radical (unpaired) electrons. The summed E-state index contributed by atoms with van der Waals surface area (Å²) >= 11 is 0. The molecular weight excluding hydrogens is 200 g/mol. The molecule has 16 heavy (non-hydrogen) atoms. The van der Waals surface area contributed by atoms with Gasteiger partial charge in [-0.2, -0.15) is 5.10 Å². The van der Waals surface area contributed by atoms with Gasteiger partial charge in [0.15, 0.2) is 0 Å². The van der Waals surface area contributed by atoms with Crippen LogP contribution in [0, 0.1) is 5.92 Å². The molecule has 3 nitrogen and oxygen atoms in total. The maximum atomic E-state index is 9.40. The third-order valence-electron chi connectivity index (χ3n) is 3.00. The molecule has 0 saturated carbocycles. The molecule has 0 bridgehead atoms. The number of nitrogens with zero attached hydrogens (tertiary/aromatic N) is 2. The minimum Gasteiger partial charge on any atom is -0.392 e. The quantitative estimate of drug-likeness (QED) is 0.806. The smallest absolute Gasteiger partial charge is 0.0718 e. The van der Waals surface area contributed by atoms with Crippen molar-refractivity contribution in [1.82, 2.24) is 9.78 Å². The molecule has 1 aromatic heterocycles. The first kappa shape index (κ1) is 13.2. The predicted octanol–water partition coefficient (Wildman–Crippen LogP) is 2.55. The summed E-state index contributed by atoms with van der Waals surface area (Å²) in [6.07, 6.45) is 2.99. The van der Waals surface area contributed by atoms with Crippen LogP contribution < -0.4 is 0 Å². The molecule has 0 aliphatic carbocycles. The highest BCUT2D eigenvalue weighted by Crippen LogP contribution is 2.17. The molecule has 1 aromatic rings. The number of aliphatic hydroxyl groups excluding tert-OH is 1. The molecule has 1 heterocycles. The second-order valence-corrected chi connectivity index (χ2v) is 4.64. The molecular formula is C13H24N2O. The SMILES string of the molecule is CCc1nn(CCC(C)C)c(CC)c1CO. The zero-order chi connectivity index (χ0) is 12.1. The van der Waals surface area contributed by atoms with Gasteiger partial charge in [-0.3, -0.25) is 4.68 Å².